The van der Waals surface area contributed by atoms with Crippen molar-refractivity contribution in [3.05, 3.63) is 12.4 Å². The average molecular weight is 283 g/mol. The van der Waals surface area contributed by atoms with Gasteiger partial charge in [-0.05, 0) is 13.3 Å². The lowest BCUT2D eigenvalue weighted by molar-refractivity contribution is 0.293. The zero-order valence-corrected chi connectivity index (χ0v) is 12.7. The van der Waals surface area contributed by atoms with Crippen LogP contribution in [0.1, 0.15) is 0 Å². The molecule has 0 aromatic carbocycles. The Hall–Kier alpha value is -1.13. The first-order valence-electron chi connectivity index (χ1n) is 6.49. The highest BCUT2D eigenvalue weighted by atomic mass is 31.2. The van der Waals surface area contributed by atoms with Gasteiger partial charge in [-0.15, -0.1) is 0 Å². The van der Waals surface area contributed by atoms with Crippen LogP contribution in [0.25, 0.3) is 0 Å². The van der Waals surface area contributed by atoms with Gasteiger partial charge in [-0.2, -0.15) is 0 Å². The van der Waals surface area contributed by atoms with Crippen molar-refractivity contribution in [3.8, 4) is 0 Å². The highest BCUT2D eigenvalue weighted by molar-refractivity contribution is 7.62. The molecule has 1 fully saturated rings. The van der Waals surface area contributed by atoms with Crippen molar-refractivity contribution in [3.63, 3.8) is 0 Å². The summed E-state index contributed by atoms with van der Waals surface area (Å²) in [4.78, 5) is 13.1. The largest absolute Gasteiger partial charge is 0.386 e. The van der Waals surface area contributed by atoms with E-state index in [-0.39, 0.29) is 0 Å². The van der Waals surface area contributed by atoms with Crippen LogP contribution >= 0.6 is 7.14 Å². The van der Waals surface area contributed by atoms with Gasteiger partial charge in [0, 0.05) is 33.2 Å². The van der Waals surface area contributed by atoms with Gasteiger partial charge in [-0.1, -0.05) is 0 Å². The van der Waals surface area contributed by atoms with E-state index in [1.54, 1.807) is 12.4 Å². The third-order valence-electron chi connectivity index (χ3n) is 3.12. The molecule has 0 saturated carbocycles. The minimum Gasteiger partial charge on any atom is -0.386 e. The number of piperazine rings is 1. The van der Waals surface area contributed by atoms with Crippen molar-refractivity contribution in [1.82, 2.24) is 14.9 Å². The predicted octanol–water partition coefficient (Wildman–Crippen LogP) is 1.22. The zero-order valence-electron chi connectivity index (χ0n) is 11.8. The van der Waals surface area contributed by atoms with E-state index >= 15 is 0 Å². The molecule has 0 radical (unpaired) electrons. The topological polar surface area (TPSA) is 61.4 Å². The normalized spacial score (nSPS) is 17.5. The quantitative estimate of drug-likeness (QED) is 0.838. The van der Waals surface area contributed by atoms with Crippen molar-refractivity contribution in [1.29, 1.82) is 0 Å². The van der Waals surface area contributed by atoms with E-state index in [2.05, 4.69) is 25.1 Å². The summed E-state index contributed by atoms with van der Waals surface area (Å²) in [5, 5.41) is 3.01. The molecule has 1 saturated heterocycles. The average Bonchev–Trinajstić information content (AvgIpc) is 2.38. The fraction of sp³-hybridized carbons (Fsp3) is 0.667. The number of nitrogens with one attached hydrogen (secondary N) is 1. The molecule has 0 spiro atoms. The maximum atomic E-state index is 11.8. The smallest absolute Gasteiger partial charge is 0.225 e. The van der Waals surface area contributed by atoms with Gasteiger partial charge >= 0.3 is 0 Å². The van der Waals surface area contributed by atoms with Crippen molar-refractivity contribution in [2.45, 2.75) is 0 Å². The lowest BCUT2D eigenvalue weighted by Crippen LogP contribution is -2.47. The van der Waals surface area contributed by atoms with Gasteiger partial charge in [-0.25, -0.2) is 9.97 Å². The standard InChI is InChI=1S/C12H22N5OP/c1-13-11-8-14-12(15-9-11)17-6-4-16(5-7-17)10-19(2,3)18/h8-9,13H,4-7,10H2,1-3H3. The third-order valence-corrected chi connectivity index (χ3v) is 4.20. The zero-order chi connectivity index (χ0) is 13.9. The maximum absolute atomic E-state index is 11.8. The van der Waals surface area contributed by atoms with Gasteiger partial charge < -0.3 is 14.8 Å². The van der Waals surface area contributed by atoms with Crippen LogP contribution < -0.4 is 10.2 Å². The molecule has 1 aliphatic rings. The van der Waals surface area contributed by atoms with Crippen LogP contribution in [-0.4, -0.2) is 67.7 Å². The number of anilines is 2. The molecule has 7 heteroatoms. The summed E-state index contributed by atoms with van der Waals surface area (Å²) in [5.41, 5.74) is 0.917. The summed E-state index contributed by atoms with van der Waals surface area (Å²) in [6.45, 7) is 7.31. The Morgan fingerprint density at radius 2 is 1.79 bits per heavy atom. The van der Waals surface area contributed by atoms with Crippen LogP contribution in [0.2, 0.25) is 0 Å². The highest BCUT2D eigenvalue weighted by Crippen LogP contribution is 2.36. The van der Waals surface area contributed by atoms with E-state index in [0.717, 1.165) is 37.8 Å². The Morgan fingerprint density at radius 1 is 1.21 bits per heavy atom. The lowest BCUT2D eigenvalue weighted by Gasteiger charge is -2.35. The summed E-state index contributed by atoms with van der Waals surface area (Å²) in [6, 6.07) is 0. The number of rotatable bonds is 4. The monoisotopic (exact) mass is 283 g/mol. The second-order valence-electron chi connectivity index (χ2n) is 5.34. The fourth-order valence-corrected chi connectivity index (χ4v) is 3.43. The molecule has 2 heterocycles. The van der Waals surface area contributed by atoms with Gasteiger partial charge in [0.2, 0.25) is 5.95 Å². The Labute approximate surface area is 114 Å². The van der Waals surface area contributed by atoms with E-state index in [4.69, 9.17) is 0 Å². The number of nitrogens with zero attached hydrogens (tertiary/aromatic N) is 4. The minimum absolute atomic E-state index is 0.709. The molecule has 1 N–H and O–H groups in total. The van der Waals surface area contributed by atoms with E-state index in [1.165, 1.54) is 0 Å². The van der Waals surface area contributed by atoms with Crippen molar-refractivity contribution < 1.29 is 4.57 Å². The molecule has 0 amide bonds. The predicted molar refractivity (Wildman–Crippen MR) is 79.7 cm³/mol. The number of aromatic nitrogens is 2. The second kappa shape index (κ2) is 5.88. The summed E-state index contributed by atoms with van der Waals surface area (Å²) in [5.74, 6) is 0.773. The van der Waals surface area contributed by atoms with Crippen LogP contribution in [0.3, 0.4) is 0 Å². The van der Waals surface area contributed by atoms with Crippen molar-refractivity contribution >= 4 is 18.8 Å². The summed E-state index contributed by atoms with van der Waals surface area (Å²) >= 11 is 0. The van der Waals surface area contributed by atoms with E-state index in [9.17, 15) is 4.57 Å². The molecule has 1 aromatic heterocycles. The Balaban J connectivity index is 1.90. The molecular weight excluding hydrogens is 261 g/mol. The van der Waals surface area contributed by atoms with Crippen LogP contribution in [0, 0.1) is 0 Å². The van der Waals surface area contributed by atoms with Gasteiger partial charge in [0.15, 0.2) is 0 Å². The van der Waals surface area contributed by atoms with Crippen molar-refractivity contribution in [2.24, 2.45) is 0 Å². The molecule has 0 aliphatic carbocycles. The van der Waals surface area contributed by atoms with Crippen LogP contribution in [0.5, 0.6) is 0 Å². The Morgan fingerprint density at radius 3 is 2.26 bits per heavy atom. The Kier molecular flexibility index (Phi) is 4.42. The molecule has 1 aliphatic heterocycles. The first-order valence-corrected chi connectivity index (χ1v) is 9.28. The van der Waals surface area contributed by atoms with Crippen LogP contribution in [0.15, 0.2) is 12.4 Å². The van der Waals surface area contributed by atoms with Gasteiger partial charge in [0.05, 0.1) is 31.5 Å². The molecule has 0 bridgehead atoms. The van der Waals surface area contributed by atoms with Gasteiger partial charge in [0.1, 0.15) is 0 Å². The summed E-state index contributed by atoms with van der Waals surface area (Å²) in [7, 11) is -0.117. The van der Waals surface area contributed by atoms with Crippen molar-refractivity contribution in [2.75, 3.05) is 63.1 Å². The Bertz CT molecular complexity index is 450. The van der Waals surface area contributed by atoms with E-state index < -0.39 is 7.14 Å². The second-order valence-corrected chi connectivity index (χ2v) is 8.77. The molecule has 2 rings (SSSR count). The van der Waals surface area contributed by atoms with Gasteiger partial charge in [0.25, 0.3) is 0 Å². The highest BCUT2D eigenvalue weighted by Gasteiger charge is 2.21. The lowest BCUT2D eigenvalue weighted by atomic mass is 10.3. The molecule has 1 aromatic rings. The molecular formula is C12H22N5OP. The van der Waals surface area contributed by atoms with E-state index in [0.29, 0.717) is 6.29 Å². The summed E-state index contributed by atoms with van der Waals surface area (Å²) < 4.78 is 11.8. The maximum Gasteiger partial charge on any atom is 0.225 e. The minimum atomic E-state index is -1.97. The van der Waals surface area contributed by atoms with Crippen LogP contribution in [-0.2, 0) is 4.57 Å². The first kappa shape index (κ1) is 14.3. The third kappa shape index (κ3) is 4.18. The molecule has 19 heavy (non-hydrogen) atoms. The molecule has 0 unspecified atom stereocenters. The number of hydrogen-bond donors (Lipinski definition) is 1. The number of hydrogen-bond acceptors (Lipinski definition) is 6. The molecule has 106 valence electrons. The fourth-order valence-electron chi connectivity index (χ4n) is 2.18. The van der Waals surface area contributed by atoms with E-state index in [1.807, 2.05) is 20.4 Å². The first-order chi connectivity index (χ1) is 8.98. The van der Waals surface area contributed by atoms with Crippen LogP contribution in [0.4, 0.5) is 11.6 Å². The van der Waals surface area contributed by atoms with Gasteiger partial charge in [-0.3, -0.25) is 4.90 Å². The SMILES string of the molecule is CNc1cnc(N2CCN(CP(C)(C)=O)CC2)nc1. The molecule has 6 nitrogen and oxygen atoms in total. The summed E-state index contributed by atoms with van der Waals surface area (Å²) in [6.07, 6.45) is 4.29. The molecule has 0 atom stereocenters.